The predicted octanol–water partition coefficient (Wildman–Crippen LogP) is 3.99. The van der Waals surface area contributed by atoms with Crippen molar-refractivity contribution in [1.29, 1.82) is 0 Å². The van der Waals surface area contributed by atoms with Gasteiger partial charge in [0.05, 0.1) is 12.8 Å². The fourth-order valence-corrected chi connectivity index (χ4v) is 3.47. The standard InChI is InChI=1S/C22H20ClN5O2/c1-28-11-10-24-21(28)20(16-8-3-4-9-19(16)30-2)25-22(29)18-13-17(26-27-18)14-6-5-7-15(23)12-14/h3-13,20H,1-2H3,(H,25,29)(H,26,27). The van der Waals surface area contributed by atoms with Crippen LogP contribution in [0.25, 0.3) is 11.3 Å². The van der Waals surface area contributed by atoms with Gasteiger partial charge in [-0.2, -0.15) is 5.10 Å². The summed E-state index contributed by atoms with van der Waals surface area (Å²) in [5.74, 6) is 1.03. The minimum atomic E-state index is -0.508. The molecule has 7 nitrogen and oxygen atoms in total. The molecule has 0 saturated heterocycles. The number of aromatic nitrogens is 4. The lowest BCUT2D eigenvalue weighted by atomic mass is 10.0. The number of carbonyl (C=O) groups excluding carboxylic acids is 1. The Kier molecular flexibility index (Phi) is 5.54. The first-order chi connectivity index (χ1) is 14.6. The van der Waals surface area contributed by atoms with Crippen molar-refractivity contribution in [3.05, 3.63) is 89.1 Å². The second kappa shape index (κ2) is 8.42. The number of nitrogens with zero attached hydrogens (tertiary/aromatic N) is 3. The minimum absolute atomic E-state index is 0.310. The van der Waals surface area contributed by atoms with Crippen molar-refractivity contribution in [3.8, 4) is 17.0 Å². The molecule has 4 rings (SSSR count). The van der Waals surface area contributed by atoms with E-state index in [1.807, 2.05) is 54.2 Å². The molecule has 0 fully saturated rings. The number of imidazole rings is 1. The van der Waals surface area contributed by atoms with Crippen LogP contribution in [0.2, 0.25) is 5.02 Å². The Bertz CT molecular complexity index is 1180. The van der Waals surface area contributed by atoms with Gasteiger partial charge in [-0.15, -0.1) is 0 Å². The number of hydrogen-bond acceptors (Lipinski definition) is 4. The van der Waals surface area contributed by atoms with Crippen LogP contribution in [0.15, 0.2) is 67.0 Å². The van der Waals surface area contributed by atoms with Gasteiger partial charge >= 0.3 is 0 Å². The number of para-hydroxylation sites is 1. The lowest BCUT2D eigenvalue weighted by Crippen LogP contribution is -2.31. The van der Waals surface area contributed by atoms with Gasteiger partial charge in [0.15, 0.2) is 0 Å². The third kappa shape index (κ3) is 3.92. The van der Waals surface area contributed by atoms with Gasteiger partial charge in [-0.1, -0.05) is 41.9 Å². The molecule has 8 heteroatoms. The van der Waals surface area contributed by atoms with Gasteiger partial charge < -0.3 is 14.6 Å². The highest BCUT2D eigenvalue weighted by Crippen LogP contribution is 2.29. The quantitative estimate of drug-likeness (QED) is 0.493. The molecule has 1 atom stereocenters. The summed E-state index contributed by atoms with van der Waals surface area (Å²) in [6.45, 7) is 0. The minimum Gasteiger partial charge on any atom is -0.496 e. The summed E-state index contributed by atoms with van der Waals surface area (Å²) in [6, 6.07) is 16.0. The highest BCUT2D eigenvalue weighted by molar-refractivity contribution is 6.30. The number of hydrogen-bond donors (Lipinski definition) is 2. The first-order valence-electron chi connectivity index (χ1n) is 9.29. The van der Waals surface area contributed by atoms with Gasteiger partial charge in [0.2, 0.25) is 0 Å². The number of aromatic amines is 1. The third-order valence-corrected chi connectivity index (χ3v) is 5.02. The molecule has 30 heavy (non-hydrogen) atoms. The monoisotopic (exact) mass is 421 g/mol. The van der Waals surface area contributed by atoms with Gasteiger partial charge in [-0.05, 0) is 24.3 Å². The smallest absolute Gasteiger partial charge is 0.270 e. The van der Waals surface area contributed by atoms with Crippen LogP contribution >= 0.6 is 11.6 Å². The summed E-state index contributed by atoms with van der Waals surface area (Å²) in [7, 11) is 3.48. The molecule has 1 unspecified atom stereocenters. The molecule has 2 heterocycles. The Hall–Kier alpha value is -3.58. The number of H-pyrrole nitrogens is 1. The van der Waals surface area contributed by atoms with E-state index in [4.69, 9.17) is 16.3 Å². The van der Waals surface area contributed by atoms with Crippen molar-refractivity contribution >= 4 is 17.5 Å². The number of ether oxygens (including phenoxy) is 1. The second-order valence-electron chi connectivity index (χ2n) is 6.72. The van der Waals surface area contributed by atoms with E-state index >= 15 is 0 Å². The van der Waals surface area contributed by atoms with E-state index in [0.29, 0.717) is 28.0 Å². The van der Waals surface area contributed by atoms with E-state index < -0.39 is 6.04 Å². The molecule has 0 bridgehead atoms. The Balaban J connectivity index is 1.65. The maximum absolute atomic E-state index is 13.1. The van der Waals surface area contributed by atoms with Crippen LogP contribution in [-0.4, -0.2) is 32.8 Å². The van der Waals surface area contributed by atoms with Gasteiger partial charge in [-0.3, -0.25) is 9.89 Å². The summed E-state index contributed by atoms with van der Waals surface area (Å²) < 4.78 is 7.37. The zero-order valence-corrected chi connectivity index (χ0v) is 17.2. The number of nitrogens with one attached hydrogen (secondary N) is 2. The highest BCUT2D eigenvalue weighted by Gasteiger charge is 2.25. The number of benzene rings is 2. The molecular weight excluding hydrogens is 402 g/mol. The molecule has 1 amide bonds. The zero-order chi connectivity index (χ0) is 21.1. The molecule has 2 aromatic heterocycles. The summed E-state index contributed by atoms with van der Waals surface area (Å²) in [4.78, 5) is 17.5. The predicted molar refractivity (Wildman–Crippen MR) is 115 cm³/mol. The van der Waals surface area contributed by atoms with Crippen LogP contribution in [0.1, 0.15) is 27.9 Å². The molecule has 152 valence electrons. The average molecular weight is 422 g/mol. The Morgan fingerprint density at radius 3 is 2.77 bits per heavy atom. The van der Waals surface area contributed by atoms with Crippen LogP contribution in [-0.2, 0) is 7.05 Å². The van der Waals surface area contributed by atoms with Crippen molar-refractivity contribution in [2.45, 2.75) is 6.04 Å². The maximum atomic E-state index is 13.1. The van der Waals surface area contributed by atoms with Crippen molar-refractivity contribution < 1.29 is 9.53 Å². The van der Waals surface area contributed by atoms with Crippen LogP contribution in [0, 0.1) is 0 Å². The van der Waals surface area contributed by atoms with E-state index in [-0.39, 0.29) is 5.91 Å². The topological polar surface area (TPSA) is 84.8 Å². The first-order valence-corrected chi connectivity index (χ1v) is 9.67. The zero-order valence-electron chi connectivity index (χ0n) is 16.5. The number of amides is 1. The van der Waals surface area contributed by atoms with Crippen LogP contribution in [0.5, 0.6) is 5.75 Å². The van der Waals surface area contributed by atoms with Crippen molar-refractivity contribution in [2.75, 3.05) is 7.11 Å². The van der Waals surface area contributed by atoms with Crippen LogP contribution in [0.4, 0.5) is 0 Å². The highest BCUT2D eigenvalue weighted by atomic mass is 35.5. The van der Waals surface area contributed by atoms with E-state index in [1.165, 1.54) is 0 Å². The lowest BCUT2D eigenvalue weighted by Gasteiger charge is -2.20. The molecule has 4 aromatic rings. The second-order valence-corrected chi connectivity index (χ2v) is 7.16. The summed E-state index contributed by atoms with van der Waals surface area (Å²) in [5, 5.41) is 10.7. The van der Waals surface area contributed by atoms with Gasteiger partial charge in [0.1, 0.15) is 23.3 Å². The van der Waals surface area contributed by atoms with E-state index in [0.717, 1.165) is 11.1 Å². The molecule has 0 aliphatic heterocycles. The van der Waals surface area contributed by atoms with Crippen molar-refractivity contribution in [1.82, 2.24) is 25.1 Å². The number of carbonyl (C=O) groups is 1. The van der Waals surface area contributed by atoms with Crippen LogP contribution in [0.3, 0.4) is 0 Å². The first kappa shape index (κ1) is 19.7. The summed E-state index contributed by atoms with van der Waals surface area (Å²) in [5.41, 5.74) is 2.59. The summed E-state index contributed by atoms with van der Waals surface area (Å²) >= 11 is 6.06. The largest absolute Gasteiger partial charge is 0.496 e. The van der Waals surface area contributed by atoms with Gasteiger partial charge in [0.25, 0.3) is 5.91 Å². The van der Waals surface area contributed by atoms with Crippen LogP contribution < -0.4 is 10.1 Å². The van der Waals surface area contributed by atoms with Gasteiger partial charge in [-0.25, -0.2) is 4.98 Å². The molecule has 0 spiro atoms. The van der Waals surface area contributed by atoms with E-state index in [9.17, 15) is 4.79 Å². The van der Waals surface area contributed by atoms with E-state index in [1.54, 1.807) is 31.5 Å². The molecule has 0 aliphatic carbocycles. The number of halogens is 1. The van der Waals surface area contributed by atoms with Gasteiger partial charge in [0, 0.05) is 35.6 Å². The fraction of sp³-hybridized carbons (Fsp3) is 0.136. The Labute approximate surface area is 178 Å². The SMILES string of the molecule is COc1ccccc1C(NC(=O)c1cc(-c2cccc(Cl)c2)n[nH]1)c1nccn1C. The van der Waals surface area contributed by atoms with E-state index in [2.05, 4.69) is 20.5 Å². The molecule has 2 aromatic carbocycles. The average Bonchev–Trinajstić information content (AvgIpc) is 3.41. The number of aryl methyl sites for hydroxylation is 1. The Morgan fingerprint density at radius 1 is 1.20 bits per heavy atom. The fourth-order valence-electron chi connectivity index (χ4n) is 3.28. The van der Waals surface area contributed by atoms with Crippen molar-refractivity contribution in [3.63, 3.8) is 0 Å². The summed E-state index contributed by atoms with van der Waals surface area (Å²) in [6.07, 6.45) is 3.52. The molecule has 2 N–H and O–H groups in total. The molecule has 0 radical (unpaired) electrons. The normalized spacial score (nSPS) is 11.8. The number of methoxy groups -OCH3 is 1. The van der Waals surface area contributed by atoms with Crippen molar-refractivity contribution in [2.24, 2.45) is 7.05 Å². The third-order valence-electron chi connectivity index (χ3n) is 4.78. The lowest BCUT2D eigenvalue weighted by molar-refractivity contribution is 0.0935. The molecular formula is C22H20ClN5O2. The molecule has 0 saturated carbocycles. The Morgan fingerprint density at radius 2 is 2.03 bits per heavy atom. The number of rotatable bonds is 6. The maximum Gasteiger partial charge on any atom is 0.270 e. The molecule has 0 aliphatic rings.